The average Bonchev–Trinajstić information content (AvgIpc) is 2.67. The van der Waals surface area contributed by atoms with Gasteiger partial charge < -0.3 is 4.74 Å². The predicted octanol–water partition coefficient (Wildman–Crippen LogP) is 2.56. The maximum atomic E-state index is 12.3. The predicted molar refractivity (Wildman–Crippen MR) is 56.4 cm³/mol. The van der Waals surface area contributed by atoms with E-state index in [1.807, 2.05) is 24.3 Å². The third-order valence-corrected chi connectivity index (χ3v) is 2.68. The Morgan fingerprint density at radius 1 is 1.50 bits per heavy atom. The van der Waals surface area contributed by atoms with Gasteiger partial charge in [-0.05, 0) is 28.1 Å². The number of alkyl halides is 1. The minimum Gasteiger partial charge on any atom is -0.469 e. The van der Waals surface area contributed by atoms with Crippen LogP contribution in [0.25, 0.3) is 0 Å². The van der Waals surface area contributed by atoms with Crippen molar-refractivity contribution in [2.45, 2.75) is 6.10 Å². The van der Waals surface area contributed by atoms with E-state index in [2.05, 4.69) is 20.9 Å². The molecule has 0 saturated heterocycles. The summed E-state index contributed by atoms with van der Waals surface area (Å²) < 4.78 is 18.5. The van der Waals surface area contributed by atoms with Gasteiger partial charge in [-0.25, -0.2) is 9.38 Å². The molecule has 4 heteroatoms. The summed E-state index contributed by atoms with van der Waals surface area (Å²) in [6.45, 7) is -0.0787. The van der Waals surface area contributed by atoms with Gasteiger partial charge in [0.05, 0.1) is 12.1 Å². The molecule has 1 unspecified atom stereocenters. The highest BCUT2D eigenvalue weighted by atomic mass is 79.9. The van der Waals surface area contributed by atoms with Gasteiger partial charge in [0.15, 0.2) is 0 Å². The van der Waals surface area contributed by atoms with E-state index in [9.17, 15) is 4.39 Å². The molecule has 0 N–H and O–H groups in total. The second-order valence-electron chi connectivity index (χ2n) is 3.02. The van der Waals surface area contributed by atoms with Crippen molar-refractivity contribution < 1.29 is 9.13 Å². The Morgan fingerprint density at radius 3 is 2.93 bits per heavy atom. The molecule has 0 spiro atoms. The first kappa shape index (κ1) is 9.65. The molecule has 1 aromatic rings. The number of nitrogens with zero attached hydrogens (tertiary/aromatic N) is 1. The molecule has 14 heavy (non-hydrogen) atoms. The highest BCUT2D eigenvalue weighted by molar-refractivity contribution is 9.10. The smallest absolute Gasteiger partial charge is 0.217 e. The lowest BCUT2D eigenvalue weighted by Gasteiger charge is -2.07. The molecule has 1 aliphatic heterocycles. The Morgan fingerprint density at radius 2 is 2.29 bits per heavy atom. The van der Waals surface area contributed by atoms with Crippen LogP contribution in [0.4, 0.5) is 4.39 Å². The second kappa shape index (κ2) is 4.09. The topological polar surface area (TPSA) is 21.6 Å². The molecule has 1 atom stereocenters. The zero-order valence-electron chi connectivity index (χ0n) is 7.41. The summed E-state index contributed by atoms with van der Waals surface area (Å²) in [6, 6.07) is 7.61. The molecular weight excluding hydrogens is 249 g/mol. The second-order valence-corrected chi connectivity index (χ2v) is 3.87. The van der Waals surface area contributed by atoms with Gasteiger partial charge in [0.1, 0.15) is 12.8 Å². The quantitative estimate of drug-likeness (QED) is 0.798. The molecule has 1 aliphatic rings. The van der Waals surface area contributed by atoms with Gasteiger partial charge in [-0.1, -0.05) is 12.1 Å². The third-order valence-electron chi connectivity index (χ3n) is 1.99. The zero-order valence-corrected chi connectivity index (χ0v) is 9.00. The van der Waals surface area contributed by atoms with Gasteiger partial charge in [-0.15, -0.1) is 0 Å². The van der Waals surface area contributed by atoms with Gasteiger partial charge in [-0.3, -0.25) is 0 Å². The molecule has 0 radical (unpaired) electrons. The number of benzene rings is 1. The minimum atomic E-state index is -0.489. The highest BCUT2D eigenvalue weighted by Gasteiger charge is 2.21. The van der Waals surface area contributed by atoms with E-state index in [-0.39, 0.29) is 0 Å². The van der Waals surface area contributed by atoms with Crippen LogP contribution < -0.4 is 0 Å². The van der Waals surface area contributed by atoms with E-state index in [0.29, 0.717) is 12.4 Å². The van der Waals surface area contributed by atoms with Crippen LogP contribution in [0.3, 0.4) is 0 Å². The van der Waals surface area contributed by atoms with Crippen molar-refractivity contribution in [2.24, 2.45) is 4.99 Å². The number of rotatable bonds is 2. The molecule has 0 aliphatic carbocycles. The van der Waals surface area contributed by atoms with Crippen LogP contribution in [0.5, 0.6) is 0 Å². The Labute approximate surface area is 89.9 Å². The van der Waals surface area contributed by atoms with Crippen molar-refractivity contribution in [3.63, 3.8) is 0 Å². The van der Waals surface area contributed by atoms with Crippen LogP contribution in [0.2, 0.25) is 0 Å². The molecule has 0 saturated carbocycles. The van der Waals surface area contributed by atoms with E-state index < -0.39 is 12.8 Å². The van der Waals surface area contributed by atoms with Crippen molar-refractivity contribution in [1.82, 2.24) is 0 Å². The molecule has 0 amide bonds. The summed E-state index contributed by atoms with van der Waals surface area (Å²) in [7, 11) is 0. The molecule has 74 valence electrons. The van der Waals surface area contributed by atoms with Crippen LogP contribution in [0, 0.1) is 0 Å². The first-order chi connectivity index (χ1) is 6.81. The molecule has 1 aromatic carbocycles. The van der Waals surface area contributed by atoms with Crippen molar-refractivity contribution >= 4 is 21.8 Å². The van der Waals surface area contributed by atoms with Gasteiger partial charge in [0, 0.05) is 4.47 Å². The van der Waals surface area contributed by atoms with Gasteiger partial charge in [0.2, 0.25) is 5.90 Å². The summed E-state index contributed by atoms with van der Waals surface area (Å²) in [6.07, 6.45) is -0.405. The number of aliphatic imine (C=N–C) groups is 1. The zero-order chi connectivity index (χ0) is 9.97. The Bertz CT molecular complexity index is 367. The van der Waals surface area contributed by atoms with Crippen LogP contribution in [-0.4, -0.2) is 25.2 Å². The van der Waals surface area contributed by atoms with E-state index in [1.165, 1.54) is 0 Å². The van der Waals surface area contributed by atoms with Gasteiger partial charge in [0.25, 0.3) is 0 Å². The highest BCUT2D eigenvalue weighted by Crippen LogP contribution is 2.20. The third kappa shape index (κ3) is 1.80. The summed E-state index contributed by atoms with van der Waals surface area (Å²) in [4.78, 5) is 4.14. The van der Waals surface area contributed by atoms with E-state index in [1.54, 1.807) is 0 Å². The number of halogens is 2. The Balaban J connectivity index is 2.22. The Kier molecular flexibility index (Phi) is 2.82. The fourth-order valence-electron chi connectivity index (χ4n) is 1.28. The SMILES string of the molecule is FCC1CN=C(c2ccccc2Br)O1. The van der Waals surface area contributed by atoms with Crippen molar-refractivity contribution in [2.75, 3.05) is 13.2 Å². The molecule has 2 nitrogen and oxygen atoms in total. The molecular formula is C10H9BrFNO. The van der Waals surface area contributed by atoms with Crippen LogP contribution in [0.1, 0.15) is 5.56 Å². The van der Waals surface area contributed by atoms with Crippen molar-refractivity contribution in [3.8, 4) is 0 Å². The maximum Gasteiger partial charge on any atom is 0.217 e. The fourth-order valence-corrected chi connectivity index (χ4v) is 1.74. The maximum absolute atomic E-state index is 12.3. The minimum absolute atomic E-state index is 0.405. The Hall–Kier alpha value is -0.900. The first-order valence-electron chi connectivity index (χ1n) is 4.33. The summed E-state index contributed by atoms with van der Waals surface area (Å²) >= 11 is 3.39. The van der Waals surface area contributed by atoms with Crippen molar-refractivity contribution in [3.05, 3.63) is 34.3 Å². The lowest BCUT2D eigenvalue weighted by Crippen LogP contribution is -2.15. The van der Waals surface area contributed by atoms with Crippen LogP contribution in [0.15, 0.2) is 33.7 Å². The number of hydrogen-bond donors (Lipinski definition) is 0. The van der Waals surface area contributed by atoms with Crippen LogP contribution in [-0.2, 0) is 4.74 Å². The largest absolute Gasteiger partial charge is 0.469 e. The monoisotopic (exact) mass is 257 g/mol. The van der Waals surface area contributed by atoms with Crippen LogP contribution >= 0.6 is 15.9 Å². The van der Waals surface area contributed by atoms with E-state index in [0.717, 1.165) is 10.0 Å². The van der Waals surface area contributed by atoms with E-state index >= 15 is 0 Å². The number of hydrogen-bond acceptors (Lipinski definition) is 2. The average molecular weight is 258 g/mol. The summed E-state index contributed by atoms with van der Waals surface area (Å²) in [5.74, 6) is 0.528. The first-order valence-corrected chi connectivity index (χ1v) is 5.12. The molecule has 0 fully saturated rings. The van der Waals surface area contributed by atoms with Crippen molar-refractivity contribution in [1.29, 1.82) is 0 Å². The lowest BCUT2D eigenvalue weighted by atomic mass is 10.2. The van der Waals surface area contributed by atoms with Gasteiger partial charge >= 0.3 is 0 Å². The lowest BCUT2D eigenvalue weighted by molar-refractivity contribution is 0.183. The molecule has 0 aromatic heterocycles. The summed E-state index contributed by atoms with van der Waals surface area (Å²) in [5, 5.41) is 0. The molecule has 0 bridgehead atoms. The normalized spacial score (nSPS) is 20.4. The fraction of sp³-hybridized carbons (Fsp3) is 0.300. The molecule has 2 rings (SSSR count). The number of ether oxygens (including phenoxy) is 1. The standard InChI is InChI=1S/C10H9BrFNO/c11-9-4-2-1-3-8(9)10-13-6-7(5-12)14-10/h1-4,7H,5-6H2. The van der Waals surface area contributed by atoms with Gasteiger partial charge in [-0.2, -0.15) is 0 Å². The summed E-state index contributed by atoms with van der Waals surface area (Å²) in [5.41, 5.74) is 0.878. The van der Waals surface area contributed by atoms with E-state index in [4.69, 9.17) is 4.74 Å². The molecule has 1 heterocycles.